The molecule has 1 amide bonds. The van der Waals surface area contributed by atoms with Gasteiger partial charge in [-0.3, -0.25) is 4.79 Å². The van der Waals surface area contributed by atoms with E-state index in [1.807, 2.05) is 18.7 Å². The smallest absolute Gasteiger partial charge is 0.224 e. The van der Waals surface area contributed by atoms with Gasteiger partial charge in [0, 0.05) is 32.7 Å². The van der Waals surface area contributed by atoms with Gasteiger partial charge in [-0.1, -0.05) is 13.8 Å². The Kier molecular flexibility index (Phi) is 10.8. The molecule has 6 heteroatoms. The number of ether oxygens (including phenoxy) is 3. The van der Waals surface area contributed by atoms with Crippen molar-refractivity contribution in [3.63, 3.8) is 0 Å². The quantitative estimate of drug-likeness (QED) is 0.501. The van der Waals surface area contributed by atoms with Crippen LogP contribution in [0.1, 0.15) is 59.8 Å². The molecule has 0 spiro atoms. The maximum atomic E-state index is 12.3. The van der Waals surface area contributed by atoms with Gasteiger partial charge in [-0.15, -0.1) is 0 Å². The fraction of sp³-hybridized carbons (Fsp3) is 0.955. The van der Waals surface area contributed by atoms with Gasteiger partial charge >= 0.3 is 0 Å². The number of piperidine rings is 2. The van der Waals surface area contributed by atoms with Gasteiger partial charge in [0.1, 0.15) is 0 Å². The number of likely N-dealkylation sites (tertiary alicyclic amines) is 2. The Morgan fingerprint density at radius 1 is 0.893 bits per heavy atom. The van der Waals surface area contributed by atoms with E-state index in [9.17, 15) is 4.79 Å². The molecule has 0 N–H and O–H groups in total. The maximum absolute atomic E-state index is 12.3. The number of hydrogen-bond donors (Lipinski definition) is 0. The Bertz CT molecular complexity index is 428. The molecule has 0 atom stereocenters. The maximum Gasteiger partial charge on any atom is 0.224 e. The molecule has 0 aliphatic carbocycles. The first-order valence-electron chi connectivity index (χ1n) is 11.3. The van der Waals surface area contributed by atoms with Crippen LogP contribution in [0.2, 0.25) is 0 Å². The third-order valence-electron chi connectivity index (χ3n) is 5.48. The second kappa shape index (κ2) is 12.8. The van der Waals surface area contributed by atoms with Crippen LogP contribution in [0.25, 0.3) is 0 Å². The summed E-state index contributed by atoms with van der Waals surface area (Å²) in [4.78, 5) is 16.9. The minimum atomic E-state index is 0.199. The highest BCUT2D eigenvalue weighted by Crippen LogP contribution is 2.21. The summed E-state index contributed by atoms with van der Waals surface area (Å²) in [5.41, 5.74) is 0. The van der Waals surface area contributed by atoms with E-state index >= 15 is 0 Å². The van der Waals surface area contributed by atoms with Gasteiger partial charge in [0.2, 0.25) is 5.91 Å². The average Bonchev–Trinajstić information content (AvgIpc) is 2.66. The van der Waals surface area contributed by atoms with Gasteiger partial charge in [-0.05, 0) is 45.4 Å². The van der Waals surface area contributed by atoms with E-state index in [1.54, 1.807) is 0 Å². The molecule has 6 nitrogen and oxygen atoms in total. The molecule has 0 radical (unpaired) electrons. The zero-order valence-electron chi connectivity index (χ0n) is 18.5. The molecule has 0 bridgehead atoms. The fourth-order valence-corrected chi connectivity index (χ4v) is 4.02. The van der Waals surface area contributed by atoms with Crippen LogP contribution in [0.3, 0.4) is 0 Å². The van der Waals surface area contributed by atoms with E-state index in [4.69, 9.17) is 14.2 Å². The highest BCUT2D eigenvalue weighted by Gasteiger charge is 2.27. The van der Waals surface area contributed by atoms with Gasteiger partial charge in [0.15, 0.2) is 0 Å². The number of nitrogens with zero attached hydrogens (tertiary/aromatic N) is 2. The van der Waals surface area contributed by atoms with E-state index in [0.717, 1.165) is 57.8 Å². The number of amides is 1. The Morgan fingerprint density at radius 2 is 1.50 bits per heavy atom. The summed E-state index contributed by atoms with van der Waals surface area (Å²) in [5.74, 6) is 0.934. The number of hydrogen-bond acceptors (Lipinski definition) is 5. The standard InChI is InChI=1S/C22H42N2O4/c1-18(2)17-23-10-5-20(6-11-23)28-21-7-12-24(13-8-21)22(25)9-14-26-15-16-27-19(3)4/h18-21H,5-17H2,1-4H3. The highest BCUT2D eigenvalue weighted by atomic mass is 16.5. The molecule has 0 aromatic heterocycles. The molecule has 0 aromatic carbocycles. The van der Waals surface area contributed by atoms with E-state index in [0.29, 0.717) is 38.4 Å². The third kappa shape index (κ3) is 9.21. The lowest BCUT2D eigenvalue weighted by molar-refractivity contribution is -0.136. The molecule has 2 heterocycles. The Hall–Kier alpha value is -0.690. The van der Waals surface area contributed by atoms with Crippen LogP contribution in [0, 0.1) is 5.92 Å². The van der Waals surface area contributed by atoms with Crippen molar-refractivity contribution in [1.29, 1.82) is 0 Å². The minimum absolute atomic E-state index is 0.199. The normalized spacial score (nSPS) is 20.4. The van der Waals surface area contributed by atoms with Crippen LogP contribution in [-0.4, -0.2) is 86.6 Å². The van der Waals surface area contributed by atoms with Crippen molar-refractivity contribution in [2.75, 3.05) is 52.5 Å². The molecule has 2 aliphatic heterocycles. The Labute approximate surface area is 171 Å². The van der Waals surface area contributed by atoms with E-state index in [1.165, 1.54) is 6.54 Å². The first-order chi connectivity index (χ1) is 13.4. The van der Waals surface area contributed by atoms with Crippen molar-refractivity contribution in [1.82, 2.24) is 9.80 Å². The van der Waals surface area contributed by atoms with Gasteiger partial charge in [0.25, 0.3) is 0 Å². The highest BCUT2D eigenvalue weighted by molar-refractivity contribution is 5.76. The minimum Gasteiger partial charge on any atom is -0.379 e. The predicted octanol–water partition coefficient (Wildman–Crippen LogP) is 2.95. The monoisotopic (exact) mass is 398 g/mol. The first kappa shape index (κ1) is 23.6. The Balaban J connectivity index is 1.53. The molecule has 2 fully saturated rings. The van der Waals surface area contributed by atoms with Crippen molar-refractivity contribution in [3.05, 3.63) is 0 Å². The van der Waals surface area contributed by atoms with Crippen LogP contribution in [0.15, 0.2) is 0 Å². The second-order valence-corrected chi connectivity index (χ2v) is 8.89. The third-order valence-corrected chi connectivity index (χ3v) is 5.48. The van der Waals surface area contributed by atoms with Crippen LogP contribution < -0.4 is 0 Å². The molecule has 2 saturated heterocycles. The predicted molar refractivity (Wildman–Crippen MR) is 112 cm³/mol. The first-order valence-corrected chi connectivity index (χ1v) is 11.3. The molecule has 0 aromatic rings. The molecule has 2 aliphatic rings. The van der Waals surface area contributed by atoms with Gasteiger partial charge in [-0.25, -0.2) is 0 Å². The topological polar surface area (TPSA) is 51.2 Å². The summed E-state index contributed by atoms with van der Waals surface area (Å²) in [6.45, 7) is 15.3. The van der Waals surface area contributed by atoms with E-state index in [2.05, 4.69) is 18.7 Å². The van der Waals surface area contributed by atoms with Gasteiger partial charge in [-0.2, -0.15) is 0 Å². The molecule has 2 rings (SSSR count). The largest absolute Gasteiger partial charge is 0.379 e. The molecule has 0 unspecified atom stereocenters. The van der Waals surface area contributed by atoms with Crippen molar-refractivity contribution in [2.45, 2.75) is 78.1 Å². The molecule has 28 heavy (non-hydrogen) atoms. The van der Waals surface area contributed by atoms with Crippen LogP contribution in [0.5, 0.6) is 0 Å². The summed E-state index contributed by atoms with van der Waals surface area (Å²) in [6.07, 6.45) is 5.60. The van der Waals surface area contributed by atoms with Gasteiger partial charge < -0.3 is 24.0 Å². The summed E-state index contributed by atoms with van der Waals surface area (Å²) in [6, 6.07) is 0. The lowest BCUT2D eigenvalue weighted by atomic mass is 10.0. The Morgan fingerprint density at radius 3 is 2.07 bits per heavy atom. The lowest BCUT2D eigenvalue weighted by Gasteiger charge is -2.37. The lowest BCUT2D eigenvalue weighted by Crippen LogP contribution is -2.44. The SMILES string of the molecule is CC(C)CN1CCC(OC2CCN(C(=O)CCOCCOC(C)C)CC2)CC1. The molecule has 0 saturated carbocycles. The van der Waals surface area contributed by atoms with Crippen LogP contribution in [0.4, 0.5) is 0 Å². The van der Waals surface area contributed by atoms with Gasteiger partial charge in [0.05, 0.1) is 44.6 Å². The molecular weight excluding hydrogens is 356 g/mol. The van der Waals surface area contributed by atoms with Crippen molar-refractivity contribution in [2.24, 2.45) is 5.92 Å². The van der Waals surface area contributed by atoms with Crippen molar-refractivity contribution >= 4 is 5.91 Å². The zero-order chi connectivity index (χ0) is 20.4. The summed E-state index contributed by atoms with van der Waals surface area (Å²) >= 11 is 0. The molecule has 164 valence electrons. The van der Waals surface area contributed by atoms with Crippen LogP contribution in [-0.2, 0) is 19.0 Å². The molecular formula is C22H42N2O4. The van der Waals surface area contributed by atoms with Crippen LogP contribution >= 0.6 is 0 Å². The average molecular weight is 399 g/mol. The number of rotatable bonds is 11. The number of carbonyl (C=O) groups excluding carboxylic acids is 1. The van der Waals surface area contributed by atoms with E-state index < -0.39 is 0 Å². The summed E-state index contributed by atoms with van der Waals surface area (Å²) in [7, 11) is 0. The summed E-state index contributed by atoms with van der Waals surface area (Å²) < 4.78 is 17.3. The summed E-state index contributed by atoms with van der Waals surface area (Å²) in [5, 5.41) is 0. The second-order valence-electron chi connectivity index (χ2n) is 8.89. The number of carbonyl (C=O) groups is 1. The zero-order valence-corrected chi connectivity index (χ0v) is 18.5. The van der Waals surface area contributed by atoms with E-state index in [-0.39, 0.29) is 12.0 Å². The van der Waals surface area contributed by atoms with Crippen molar-refractivity contribution < 1.29 is 19.0 Å². The fourth-order valence-electron chi connectivity index (χ4n) is 4.02. The van der Waals surface area contributed by atoms with Crippen molar-refractivity contribution in [3.8, 4) is 0 Å².